The van der Waals surface area contributed by atoms with Crippen molar-refractivity contribution in [3.63, 3.8) is 0 Å². The van der Waals surface area contributed by atoms with E-state index in [9.17, 15) is 13.2 Å². The number of amides is 1. The zero-order valence-electron chi connectivity index (χ0n) is 16.2. The molecule has 8 heteroatoms. The van der Waals surface area contributed by atoms with Crippen molar-refractivity contribution in [1.82, 2.24) is 4.98 Å². The Morgan fingerprint density at radius 2 is 1.93 bits per heavy atom. The first-order chi connectivity index (χ1) is 13.8. The van der Waals surface area contributed by atoms with Crippen LogP contribution in [0.5, 0.6) is 5.75 Å². The molecule has 1 heterocycles. The van der Waals surface area contributed by atoms with Crippen LogP contribution in [0.15, 0.2) is 59.4 Å². The lowest BCUT2D eigenvalue weighted by atomic mass is 10.2. The van der Waals surface area contributed by atoms with Gasteiger partial charge in [0.2, 0.25) is 0 Å². The van der Waals surface area contributed by atoms with Crippen molar-refractivity contribution in [3.05, 3.63) is 76.2 Å². The van der Waals surface area contributed by atoms with Crippen molar-refractivity contribution in [2.24, 2.45) is 0 Å². The lowest BCUT2D eigenvalue weighted by Gasteiger charge is -2.10. The number of thiazole rings is 1. The number of anilines is 1. The zero-order chi connectivity index (χ0) is 20.9. The van der Waals surface area contributed by atoms with Crippen LogP contribution in [0.25, 0.3) is 0 Å². The smallest absolute Gasteiger partial charge is 0.255 e. The van der Waals surface area contributed by atoms with Gasteiger partial charge in [-0.2, -0.15) is 0 Å². The number of hydrogen-bond acceptors (Lipinski definition) is 6. The van der Waals surface area contributed by atoms with Gasteiger partial charge in [-0.1, -0.05) is 12.1 Å². The summed E-state index contributed by atoms with van der Waals surface area (Å²) >= 11 is 1.51. The van der Waals surface area contributed by atoms with E-state index in [2.05, 4.69) is 10.3 Å². The second-order valence-electron chi connectivity index (χ2n) is 6.80. The lowest BCUT2D eigenvalue weighted by molar-refractivity contribution is 0.102. The molecule has 3 rings (SSSR count). The summed E-state index contributed by atoms with van der Waals surface area (Å²) in [6.45, 7) is 3.69. The van der Waals surface area contributed by atoms with Crippen LogP contribution in [0.2, 0.25) is 0 Å². The predicted molar refractivity (Wildman–Crippen MR) is 115 cm³/mol. The van der Waals surface area contributed by atoms with E-state index in [1.165, 1.54) is 11.3 Å². The summed E-state index contributed by atoms with van der Waals surface area (Å²) in [4.78, 5) is 16.7. The van der Waals surface area contributed by atoms with Crippen LogP contribution in [0.1, 0.15) is 35.5 Å². The molecule has 0 aliphatic rings. The summed E-state index contributed by atoms with van der Waals surface area (Å²) < 4.78 is 29.9. The molecule has 0 saturated heterocycles. The Bertz CT molecular complexity index is 1060. The van der Waals surface area contributed by atoms with Gasteiger partial charge >= 0.3 is 0 Å². The molecule has 3 aromatic rings. The fraction of sp³-hybridized carbons (Fsp3) is 0.238. The van der Waals surface area contributed by atoms with E-state index in [4.69, 9.17) is 4.74 Å². The average Bonchev–Trinajstić information content (AvgIpc) is 3.20. The molecular formula is C21H22N2O4S2. The van der Waals surface area contributed by atoms with Crippen molar-refractivity contribution in [2.75, 3.05) is 5.32 Å². The number of hydrogen-bond donors (Lipinski definition) is 1. The third-order valence-electron chi connectivity index (χ3n) is 4.26. The summed E-state index contributed by atoms with van der Waals surface area (Å²) in [5.41, 5.74) is 4.28. The Balaban J connectivity index is 1.62. The molecule has 29 heavy (non-hydrogen) atoms. The van der Waals surface area contributed by atoms with Crippen molar-refractivity contribution in [1.29, 1.82) is 0 Å². The van der Waals surface area contributed by atoms with Gasteiger partial charge in [0.15, 0.2) is 9.84 Å². The van der Waals surface area contributed by atoms with E-state index in [1.54, 1.807) is 67.9 Å². The van der Waals surface area contributed by atoms with E-state index >= 15 is 0 Å². The molecule has 0 spiro atoms. The molecule has 6 nitrogen and oxygen atoms in total. The Kier molecular flexibility index (Phi) is 6.66. The van der Waals surface area contributed by atoms with Crippen LogP contribution >= 0.6 is 11.3 Å². The molecule has 2 aromatic carbocycles. The Morgan fingerprint density at radius 3 is 2.59 bits per heavy atom. The molecule has 0 fully saturated rings. The van der Waals surface area contributed by atoms with E-state index in [-0.39, 0.29) is 11.7 Å². The third-order valence-corrected chi connectivity index (χ3v) is 7.07. The number of benzene rings is 2. The van der Waals surface area contributed by atoms with Crippen LogP contribution in [0.3, 0.4) is 0 Å². The van der Waals surface area contributed by atoms with Gasteiger partial charge in [-0.3, -0.25) is 4.79 Å². The topological polar surface area (TPSA) is 85.4 Å². The highest BCUT2D eigenvalue weighted by Crippen LogP contribution is 2.18. The maximum absolute atomic E-state index is 12.5. The van der Waals surface area contributed by atoms with Gasteiger partial charge in [-0.15, -0.1) is 11.3 Å². The van der Waals surface area contributed by atoms with Crippen molar-refractivity contribution < 1.29 is 17.9 Å². The second-order valence-corrected chi connectivity index (χ2v) is 10.1. The first-order valence-corrected chi connectivity index (χ1v) is 11.7. The normalized spacial score (nSPS) is 11.4. The number of nitrogens with zero attached hydrogens (tertiary/aromatic N) is 1. The third kappa shape index (κ3) is 5.88. The van der Waals surface area contributed by atoms with Gasteiger partial charge in [0.1, 0.15) is 12.4 Å². The highest BCUT2D eigenvalue weighted by atomic mass is 32.2. The summed E-state index contributed by atoms with van der Waals surface area (Å²) in [5.74, 6) is 0.315. The summed E-state index contributed by atoms with van der Waals surface area (Å²) in [6.07, 6.45) is 0. The fourth-order valence-corrected chi connectivity index (χ4v) is 4.03. The maximum Gasteiger partial charge on any atom is 0.255 e. The summed E-state index contributed by atoms with van der Waals surface area (Å²) in [5, 5.41) is 4.28. The van der Waals surface area contributed by atoms with Gasteiger partial charge in [0, 0.05) is 16.6 Å². The van der Waals surface area contributed by atoms with Crippen LogP contribution in [-0.2, 0) is 22.2 Å². The van der Waals surface area contributed by atoms with Crippen molar-refractivity contribution in [2.45, 2.75) is 31.5 Å². The van der Waals surface area contributed by atoms with E-state index in [0.717, 1.165) is 5.69 Å². The highest BCUT2D eigenvalue weighted by molar-refractivity contribution is 7.91. The Morgan fingerprint density at radius 1 is 1.17 bits per heavy atom. The number of aromatic nitrogens is 1. The minimum absolute atomic E-state index is 0.0562. The molecule has 0 bridgehead atoms. The van der Waals surface area contributed by atoms with Gasteiger partial charge in [-0.25, -0.2) is 13.4 Å². The Hall–Kier alpha value is -2.71. The zero-order valence-corrected chi connectivity index (χ0v) is 17.8. The molecule has 152 valence electrons. The lowest BCUT2D eigenvalue weighted by Crippen LogP contribution is -2.16. The van der Waals surface area contributed by atoms with E-state index < -0.39 is 15.1 Å². The molecule has 0 unspecified atom stereocenters. The molecule has 0 aliphatic carbocycles. The van der Waals surface area contributed by atoms with Gasteiger partial charge in [0.05, 0.1) is 22.2 Å². The Labute approximate surface area is 174 Å². The molecular weight excluding hydrogens is 408 g/mol. The first-order valence-electron chi connectivity index (χ1n) is 9.05. The largest absolute Gasteiger partial charge is 0.487 e. The maximum atomic E-state index is 12.5. The van der Waals surface area contributed by atoms with Crippen molar-refractivity contribution in [3.8, 4) is 5.75 Å². The summed E-state index contributed by atoms with van der Waals surface area (Å²) in [7, 11) is -3.21. The minimum atomic E-state index is -3.21. The number of rotatable bonds is 8. The minimum Gasteiger partial charge on any atom is -0.487 e. The average molecular weight is 431 g/mol. The standard InChI is InChI=1S/C21H22N2O4S2/c1-15(2)29(25,26)13-16-4-3-5-18(10-16)23-21(24)17-6-8-20(9-7-17)27-11-19-12-28-14-22-19/h3-10,12,14-15H,11,13H2,1-2H3,(H,23,24). The highest BCUT2D eigenvalue weighted by Gasteiger charge is 2.17. The molecule has 0 atom stereocenters. The monoisotopic (exact) mass is 430 g/mol. The number of nitrogens with one attached hydrogen (secondary N) is 1. The van der Waals surface area contributed by atoms with Crippen LogP contribution in [-0.4, -0.2) is 24.6 Å². The molecule has 1 aromatic heterocycles. The van der Waals surface area contributed by atoms with Crippen LogP contribution in [0, 0.1) is 0 Å². The van der Waals surface area contributed by atoms with E-state index in [1.807, 2.05) is 5.38 Å². The summed E-state index contributed by atoms with van der Waals surface area (Å²) in [6, 6.07) is 13.7. The van der Waals surface area contributed by atoms with Crippen LogP contribution < -0.4 is 10.1 Å². The number of carbonyl (C=O) groups excluding carboxylic acids is 1. The van der Waals surface area contributed by atoms with Gasteiger partial charge in [0.25, 0.3) is 5.91 Å². The quantitative estimate of drug-likeness (QED) is 0.576. The van der Waals surface area contributed by atoms with Gasteiger partial charge in [-0.05, 0) is 55.8 Å². The number of carbonyl (C=O) groups is 1. The second kappa shape index (κ2) is 9.19. The predicted octanol–water partition coefficient (Wildman–Crippen LogP) is 4.30. The van der Waals surface area contributed by atoms with Crippen LogP contribution in [0.4, 0.5) is 5.69 Å². The van der Waals surface area contributed by atoms with Gasteiger partial charge < -0.3 is 10.1 Å². The molecule has 0 saturated carbocycles. The molecule has 1 N–H and O–H groups in total. The fourth-order valence-electron chi connectivity index (χ4n) is 2.51. The SMILES string of the molecule is CC(C)S(=O)(=O)Cc1cccc(NC(=O)c2ccc(OCc3cscn3)cc2)c1. The molecule has 0 radical (unpaired) electrons. The van der Waals surface area contributed by atoms with Crippen molar-refractivity contribution >= 4 is 32.8 Å². The molecule has 1 amide bonds. The first kappa shape index (κ1) is 21.0. The number of ether oxygens (including phenoxy) is 1. The number of sulfone groups is 1. The van der Waals surface area contributed by atoms with E-state index in [0.29, 0.717) is 29.2 Å². The molecule has 0 aliphatic heterocycles.